The van der Waals surface area contributed by atoms with Gasteiger partial charge in [0.05, 0.1) is 13.2 Å². The average molecular weight is 170 g/mol. The number of nitrogens with zero attached hydrogens (tertiary/aromatic N) is 1. The minimum Gasteiger partial charge on any atom is -0.379 e. The van der Waals surface area contributed by atoms with Crippen molar-refractivity contribution in [3.8, 4) is 0 Å². The molecule has 0 amide bonds. The molecule has 1 radical (unpaired) electrons. The monoisotopic (exact) mass is 170 g/mol. The predicted molar refractivity (Wildman–Crippen MR) is 51.0 cm³/mol. The zero-order valence-electron chi connectivity index (χ0n) is 8.47. The predicted octanol–water partition coefficient (Wildman–Crippen LogP) is 1.57. The highest BCUT2D eigenvalue weighted by Gasteiger charge is 2.15. The molecular weight excluding hydrogens is 150 g/mol. The van der Waals surface area contributed by atoms with Crippen molar-refractivity contribution in [2.75, 3.05) is 32.8 Å². The molecule has 1 fully saturated rings. The third kappa shape index (κ3) is 4.07. The number of hydrogen-bond acceptors (Lipinski definition) is 2. The number of morpholine rings is 1. The molecule has 12 heavy (non-hydrogen) atoms. The van der Waals surface area contributed by atoms with Crippen molar-refractivity contribution in [2.24, 2.45) is 5.41 Å². The molecule has 1 saturated heterocycles. The van der Waals surface area contributed by atoms with Crippen molar-refractivity contribution in [3.05, 3.63) is 6.42 Å². The smallest absolute Gasteiger partial charge is 0.0594 e. The van der Waals surface area contributed by atoms with E-state index in [0.29, 0.717) is 5.41 Å². The molecule has 2 nitrogen and oxygen atoms in total. The number of hydrogen-bond donors (Lipinski definition) is 0. The standard InChI is InChI=1S/C10H20NO/c1-10(2,3)4-5-11-6-8-12-9-7-11/h4H,5-9H2,1-3H3. The third-order valence-electron chi connectivity index (χ3n) is 2.07. The normalized spacial score (nSPS) is 21.2. The van der Waals surface area contributed by atoms with E-state index in [1.54, 1.807) is 0 Å². The maximum absolute atomic E-state index is 5.28. The topological polar surface area (TPSA) is 12.5 Å². The van der Waals surface area contributed by atoms with Crippen LogP contribution in [0.3, 0.4) is 0 Å². The van der Waals surface area contributed by atoms with E-state index >= 15 is 0 Å². The van der Waals surface area contributed by atoms with E-state index in [1.807, 2.05) is 0 Å². The van der Waals surface area contributed by atoms with Crippen molar-refractivity contribution < 1.29 is 4.74 Å². The molecule has 0 aromatic heterocycles. The van der Waals surface area contributed by atoms with Crippen molar-refractivity contribution in [1.29, 1.82) is 0 Å². The maximum atomic E-state index is 5.28. The first-order valence-electron chi connectivity index (χ1n) is 4.72. The van der Waals surface area contributed by atoms with E-state index in [4.69, 9.17) is 4.74 Å². The molecule has 1 aliphatic rings. The van der Waals surface area contributed by atoms with Gasteiger partial charge in [0.15, 0.2) is 0 Å². The fraction of sp³-hybridized carbons (Fsp3) is 0.900. The molecule has 1 heterocycles. The van der Waals surface area contributed by atoms with Crippen LogP contribution in [-0.4, -0.2) is 37.7 Å². The largest absolute Gasteiger partial charge is 0.379 e. The van der Waals surface area contributed by atoms with Crippen LogP contribution in [-0.2, 0) is 4.74 Å². The summed E-state index contributed by atoms with van der Waals surface area (Å²) in [6.45, 7) is 11.8. The number of rotatable bonds is 2. The molecule has 0 aromatic rings. The summed E-state index contributed by atoms with van der Waals surface area (Å²) in [4.78, 5) is 2.44. The summed E-state index contributed by atoms with van der Waals surface area (Å²) in [6.07, 6.45) is 2.37. The lowest BCUT2D eigenvalue weighted by Crippen LogP contribution is -2.38. The lowest BCUT2D eigenvalue weighted by Gasteiger charge is -2.29. The van der Waals surface area contributed by atoms with Crippen molar-refractivity contribution >= 4 is 0 Å². The Morgan fingerprint density at radius 3 is 2.33 bits per heavy atom. The van der Waals surface area contributed by atoms with Gasteiger partial charge in [-0.25, -0.2) is 0 Å². The van der Waals surface area contributed by atoms with E-state index < -0.39 is 0 Å². The van der Waals surface area contributed by atoms with E-state index in [2.05, 4.69) is 32.1 Å². The van der Waals surface area contributed by atoms with Crippen LogP contribution in [0.25, 0.3) is 0 Å². The van der Waals surface area contributed by atoms with Gasteiger partial charge >= 0.3 is 0 Å². The fourth-order valence-corrected chi connectivity index (χ4v) is 1.19. The van der Waals surface area contributed by atoms with Gasteiger partial charge < -0.3 is 4.74 Å². The Balaban J connectivity index is 2.13. The second-order valence-electron chi connectivity index (χ2n) is 4.48. The highest BCUT2D eigenvalue weighted by atomic mass is 16.5. The Labute approximate surface area is 75.9 Å². The molecule has 0 aliphatic carbocycles. The first-order chi connectivity index (χ1) is 5.58. The van der Waals surface area contributed by atoms with Gasteiger partial charge in [0.25, 0.3) is 0 Å². The van der Waals surface area contributed by atoms with Crippen LogP contribution in [0.4, 0.5) is 0 Å². The summed E-state index contributed by atoms with van der Waals surface area (Å²) >= 11 is 0. The first-order valence-corrected chi connectivity index (χ1v) is 4.72. The molecule has 0 N–H and O–H groups in total. The van der Waals surface area contributed by atoms with Crippen LogP contribution in [0.2, 0.25) is 0 Å². The van der Waals surface area contributed by atoms with Crippen LogP contribution in [0, 0.1) is 11.8 Å². The maximum Gasteiger partial charge on any atom is 0.0594 e. The minimum atomic E-state index is 0.346. The molecule has 0 aromatic carbocycles. The summed E-state index contributed by atoms with van der Waals surface area (Å²) in [5.41, 5.74) is 0.346. The van der Waals surface area contributed by atoms with Gasteiger partial charge in [-0.1, -0.05) is 20.8 Å². The zero-order valence-corrected chi connectivity index (χ0v) is 8.47. The first kappa shape index (κ1) is 10.0. The Kier molecular flexibility index (Phi) is 3.53. The molecule has 1 aliphatic heterocycles. The third-order valence-corrected chi connectivity index (χ3v) is 2.07. The van der Waals surface area contributed by atoms with Gasteiger partial charge in [0.1, 0.15) is 0 Å². The van der Waals surface area contributed by atoms with Gasteiger partial charge in [0.2, 0.25) is 0 Å². The van der Waals surface area contributed by atoms with E-state index in [0.717, 1.165) is 32.8 Å². The fourth-order valence-electron chi connectivity index (χ4n) is 1.19. The molecule has 2 heteroatoms. The Hall–Kier alpha value is -0.0800. The van der Waals surface area contributed by atoms with Crippen LogP contribution >= 0.6 is 0 Å². The molecule has 1 rings (SSSR count). The van der Waals surface area contributed by atoms with Gasteiger partial charge in [-0.3, -0.25) is 4.90 Å². The highest BCUT2D eigenvalue weighted by molar-refractivity contribution is 4.84. The van der Waals surface area contributed by atoms with Crippen LogP contribution in [0.1, 0.15) is 20.8 Å². The molecular formula is C10H20NO. The Morgan fingerprint density at radius 2 is 1.83 bits per heavy atom. The summed E-state index contributed by atoms with van der Waals surface area (Å²) in [5, 5.41) is 0. The zero-order chi connectivity index (χ0) is 9.03. The summed E-state index contributed by atoms with van der Waals surface area (Å²) < 4.78 is 5.28. The van der Waals surface area contributed by atoms with Gasteiger partial charge in [0, 0.05) is 19.6 Å². The summed E-state index contributed by atoms with van der Waals surface area (Å²) in [6, 6.07) is 0. The summed E-state index contributed by atoms with van der Waals surface area (Å²) in [5.74, 6) is 0. The molecule has 0 unspecified atom stereocenters. The quantitative estimate of drug-likeness (QED) is 0.623. The van der Waals surface area contributed by atoms with Crippen molar-refractivity contribution in [3.63, 3.8) is 0 Å². The second kappa shape index (κ2) is 4.24. The minimum absolute atomic E-state index is 0.346. The molecule has 0 spiro atoms. The van der Waals surface area contributed by atoms with Gasteiger partial charge in [-0.15, -0.1) is 0 Å². The van der Waals surface area contributed by atoms with E-state index in [9.17, 15) is 0 Å². The lowest BCUT2D eigenvalue weighted by molar-refractivity contribution is 0.0399. The van der Waals surface area contributed by atoms with Crippen LogP contribution in [0.15, 0.2) is 0 Å². The molecule has 71 valence electrons. The second-order valence-corrected chi connectivity index (χ2v) is 4.48. The highest BCUT2D eigenvalue weighted by Crippen LogP contribution is 2.17. The molecule has 0 atom stereocenters. The average Bonchev–Trinajstić information content (AvgIpc) is 2.02. The summed E-state index contributed by atoms with van der Waals surface area (Å²) in [7, 11) is 0. The van der Waals surface area contributed by atoms with Crippen LogP contribution < -0.4 is 0 Å². The van der Waals surface area contributed by atoms with Gasteiger partial charge in [-0.05, 0) is 11.8 Å². The Morgan fingerprint density at radius 1 is 1.25 bits per heavy atom. The van der Waals surface area contributed by atoms with E-state index in [-0.39, 0.29) is 0 Å². The van der Waals surface area contributed by atoms with Crippen LogP contribution in [0.5, 0.6) is 0 Å². The Bertz CT molecular complexity index is 122. The number of ether oxygens (including phenoxy) is 1. The van der Waals surface area contributed by atoms with Crippen molar-refractivity contribution in [2.45, 2.75) is 20.8 Å². The van der Waals surface area contributed by atoms with Crippen molar-refractivity contribution in [1.82, 2.24) is 4.90 Å². The van der Waals surface area contributed by atoms with Gasteiger partial charge in [-0.2, -0.15) is 0 Å². The SMILES string of the molecule is CC(C)(C)[CH]CN1CCOCC1. The molecule has 0 saturated carbocycles. The lowest BCUT2D eigenvalue weighted by atomic mass is 9.92. The van der Waals surface area contributed by atoms with E-state index in [1.165, 1.54) is 0 Å². The molecule has 0 bridgehead atoms.